The average molecular weight is 492 g/mol. The van der Waals surface area contributed by atoms with E-state index in [1.807, 2.05) is 31.2 Å². The molecule has 192 valence electrons. The number of rotatable bonds is 11. The Hall–Kier alpha value is -3.61. The Morgan fingerprint density at radius 1 is 0.972 bits per heavy atom. The van der Waals surface area contributed by atoms with Crippen LogP contribution in [-0.2, 0) is 16.0 Å². The maximum absolute atomic E-state index is 12.7. The molecule has 0 radical (unpaired) electrons. The van der Waals surface area contributed by atoms with Crippen molar-refractivity contribution in [2.75, 3.05) is 19.0 Å². The van der Waals surface area contributed by atoms with Gasteiger partial charge in [0.1, 0.15) is 0 Å². The molecule has 0 aromatic heterocycles. The van der Waals surface area contributed by atoms with E-state index in [9.17, 15) is 14.4 Å². The molecule has 0 bridgehead atoms. The molecule has 3 amide bonds. The maximum atomic E-state index is 12.7. The van der Waals surface area contributed by atoms with Gasteiger partial charge in [0.2, 0.25) is 0 Å². The molecule has 7 heteroatoms. The third-order valence-corrected chi connectivity index (χ3v) is 6.49. The molecule has 0 aliphatic carbocycles. The van der Waals surface area contributed by atoms with Gasteiger partial charge in [-0.15, -0.1) is 0 Å². The summed E-state index contributed by atoms with van der Waals surface area (Å²) in [6, 6.07) is 14.0. The summed E-state index contributed by atoms with van der Waals surface area (Å²) >= 11 is 0. The van der Waals surface area contributed by atoms with Gasteiger partial charge < -0.3 is 15.4 Å². The highest BCUT2D eigenvalue weighted by Gasteiger charge is 2.35. The first kappa shape index (κ1) is 27.0. The van der Waals surface area contributed by atoms with Gasteiger partial charge in [-0.1, -0.05) is 57.4 Å². The number of urea groups is 1. The second-order valence-electron chi connectivity index (χ2n) is 9.11. The van der Waals surface area contributed by atoms with E-state index < -0.39 is 12.0 Å². The van der Waals surface area contributed by atoms with Crippen LogP contribution < -0.4 is 10.6 Å². The molecule has 36 heavy (non-hydrogen) atoms. The van der Waals surface area contributed by atoms with Crippen molar-refractivity contribution in [2.45, 2.75) is 65.3 Å². The lowest BCUT2D eigenvalue weighted by Crippen LogP contribution is -2.48. The minimum atomic E-state index is -0.632. The van der Waals surface area contributed by atoms with Crippen molar-refractivity contribution in [2.24, 2.45) is 0 Å². The Labute approximate surface area is 213 Å². The average Bonchev–Trinajstić information content (AvgIpc) is 2.89. The van der Waals surface area contributed by atoms with E-state index in [4.69, 9.17) is 4.74 Å². The summed E-state index contributed by atoms with van der Waals surface area (Å²) < 4.78 is 5.01. The lowest BCUT2D eigenvalue weighted by Gasteiger charge is -2.35. The van der Waals surface area contributed by atoms with Crippen molar-refractivity contribution in [3.05, 3.63) is 76.5 Å². The standard InChI is InChI=1S/C29H37N3O4/c1-5-7-8-9-10-21-11-13-23(14-12-21)27(33)30-24-17-15-22(16-18-24)26-25(28(34)36-4)20(3)32(19-6-2)29(35)31-26/h11-18,26H,5-10,19H2,1-4H3,(H,30,33)(H,31,35). The molecule has 0 saturated heterocycles. The Morgan fingerprint density at radius 2 is 1.67 bits per heavy atom. The van der Waals surface area contributed by atoms with Gasteiger partial charge in [-0.05, 0) is 61.6 Å². The number of hydrogen-bond donors (Lipinski definition) is 2. The molecule has 2 aromatic carbocycles. The highest BCUT2D eigenvalue weighted by Crippen LogP contribution is 2.32. The number of hydrogen-bond acceptors (Lipinski definition) is 4. The predicted molar refractivity (Wildman–Crippen MR) is 142 cm³/mol. The van der Waals surface area contributed by atoms with Gasteiger partial charge in [-0.25, -0.2) is 9.59 Å². The van der Waals surface area contributed by atoms with Crippen LogP contribution in [0, 0.1) is 0 Å². The number of amides is 3. The van der Waals surface area contributed by atoms with Crippen LogP contribution in [0.5, 0.6) is 0 Å². The van der Waals surface area contributed by atoms with Crippen LogP contribution in [0.25, 0.3) is 0 Å². The third kappa shape index (κ3) is 6.53. The minimum absolute atomic E-state index is 0.188. The van der Waals surface area contributed by atoms with Crippen LogP contribution in [-0.4, -0.2) is 36.5 Å². The van der Waals surface area contributed by atoms with Crippen LogP contribution in [0.4, 0.5) is 10.5 Å². The van der Waals surface area contributed by atoms with Gasteiger partial charge in [-0.3, -0.25) is 9.69 Å². The van der Waals surface area contributed by atoms with Crippen molar-refractivity contribution in [3.63, 3.8) is 0 Å². The number of aryl methyl sites for hydroxylation is 1. The molecular formula is C29H37N3O4. The van der Waals surface area contributed by atoms with Gasteiger partial charge in [0.15, 0.2) is 0 Å². The zero-order chi connectivity index (χ0) is 26.1. The summed E-state index contributed by atoms with van der Waals surface area (Å²) in [4.78, 5) is 39.6. The van der Waals surface area contributed by atoms with Crippen LogP contribution in [0.1, 0.15) is 80.4 Å². The van der Waals surface area contributed by atoms with Crippen molar-refractivity contribution in [1.82, 2.24) is 10.2 Å². The summed E-state index contributed by atoms with van der Waals surface area (Å²) in [7, 11) is 1.33. The van der Waals surface area contributed by atoms with E-state index in [0.29, 0.717) is 29.1 Å². The number of nitrogens with one attached hydrogen (secondary N) is 2. The van der Waals surface area contributed by atoms with E-state index in [1.165, 1.54) is 31.9 Å². The Morgan fingerprint density at radius 3 is 2.28 bits per heavy atom. The van der Waals surface area contributed by atoms with E-state index in [-0.39, 0.29) is 11.9 Å². The zero-order valence-corrected chi connectivity index (χ0v) is 21.7. The smallest absolute Gasteiger partial charge is 0.337 e. The highest BCUT2D eigenvalue weighted by molar-refractivity contribution is 6.04. The Balaban J connectivity index is 1.70. The lowest BCUT2D eigenvalue weighted by atomic mass is 9.94. The Bertz CT molecular complexity index is 1090. The van der Waals surface area contributed by atoms with Crippen molar-refractivity contribution in [1.29, 1.82) is 0 Å². The number of benzene rings is 2. The lowest BCUT2D eigenvalue weighted by molar-refractivity contribution is -0.136. The molecule has 2 N–H and O–H groups in total. The maximum Gasteiger partial charge on any atom is 0.337 e. The van der Waals surface area contributed by atoms with Crippen LogP contribution in [0.15, 0.2) is 59.8 Å². The van der Waals surface area contributed by atoms with Gasteiger partial charge in [0.25, 0.3) is 5.91 Å². The predicted octanol–water partition coefficient (Wildman–Crippen LogP) is 5.99. The molecule has 0 fully saturated rings. The molecule has 3 rings (SSSR count). The van der Waals surface area contributed by atoms with E-state index in [0.717, 1.165) is 24.8 Å². The van der Waals surface area contributed by atoms with E-state index in [1.54, 1.807) is 36.1 Å². The molecule has 1 atom stereocenters. The zero-order valence-electron chi connectivity index (χ0n) is 21.7. The van der Waals surface area contributed by atoms with E-state index >= 15 is 0 Å². The molecule has 0 spiro atoms. The molecular weight excluding hydrogens is 454 g/mol. The summed E-state index contributed by atoms with van der Waals surface area (Å²) in [5.41, 5.74) is 4.18. The van der Waals surface area contributed by atoms with Gasteiger partial charge in [0, 0.05) is 23.5 Å². The number of unbranched alkanes of at least 4 members (excludes halogenated alkanes) is 3. The first-order valence-corrected chi connectivity index (χ1v) is 12.8. The normalized spacial score (nSPS) is 15.5. The minimum Gasteiger partial charge on any atom is -0.466 e. The number of carbonyl (C=O) groups is 3. The molecule has 1 unspecified atom stereocenters. The SMILES string of the molecule is CCCCCCc1ccc(C(=O)Nc2ccc(C3NC(=O)N(CCC)C(C)=C3C(=O)OC)cc2)cc1. The summed E-state index contributed by atoms with van der Waals surface area (Å²) in [6.45, 7) is 6.45. The molecule has 2 aromatic rings. The molecule has 0 saturated carbocycles. The first-order valence-electron chi connectivity index (χ1n) is 12.8. The number of ether oxygens (including phenoxy) is 1. The van der Waals surface area contributed by atoms with Crippen LogP contribution in [0.3, 0.4) is 0 Å². The number of methoxy groups -OCH3 is 1. The fraction of sp³-hybridized carbons (Fsp3) is 0.414. The quantitative estimate of drug-likeness (QED) is 0.299. The highest BCUT2D eigenvalue weighted by atomic mass is 16.5. The number of esters is 1. The van der Waals surface area contributed by atoms with Crippen molar-refractivity contribution in [3.8, 4) is 0 Å². The van der Waals surface area contributed by atoms with Crippen LogP contribution in [0.2, 0.25) is 0 Å². The fourth-order valence-electron chi connectivity index (χ4n) is 4.44. The molecule has 1 heterocycles. The fourth-order valence-corrected chi connectivity index (χ4v) is 4.44. The summed E-state index contributed by atoms with van der Waals surface area (Å²) in [6.07, 6.45) is 6.65. The largest absolute Gasteiger partial charge is 0.466 e. The first-order chi connectivity index (χ1) is 17.4. The number of nitrogens with zero attached hydrogens (tertiary/aromatic N) is 1. The second-order valence-corrected chi connectivity index (χ2v) is 9.11. The number of carbonyl (C=O) groups excluding carboxylic acids is 3. The van der Waals surface area contributed by atoms with Crippen LogP contribution >= 0.6 is 0 Å². The third-order valence-electron chi connectivity index (χ3n) is 6.49. The number of allylic oxidation sites excluding steroid dienone is 1. The monoisotopic (exact) mass is 491 g/mol. The van der Waals surface area contributed by atoms with Crippen molar-refractivity contribution >= 4 is 23.6 Å². The molecule has 1 aliphatic heterocycles. The Kier molecular flexibility index (Phi) is 9.68. The second kappa shape index (κ2) is 12.9. The van der Waals surface area contributed by atoms with Gasteiger partial charge >= 0.3 is 12.0 Å². The van der Waals surface area contributed by atoms with Crippen molar-refractivity contribution < 1.29 is 19.1 Å². The topological polar surface area (TPSA) is 87.7 Å². The summed E-state index contributed by atoms with van der Waals surface area (Å²) in [5.74, 6) is -0.669. The molecule has 7 nitrogen and oxygen atoms in total. The molecule has 1 aliphatic rings. The van der Waals surface area contributed by atoms with Gasteiger partial charge in [0.05, 0.1) is 18.7 Å². The summed E-state index contributed by atoms with van der Waals surface area (Å²) in [5, 5.41) is 5.83. The van der Waals surface area contributed by atoms with Gasteiger partial charge in [-0.2, -0.15) is 0 Å². The number of anilines is 1. The van der Waals surface area contributed by atoms with E-state index in [2.05, 4.69) is 17.6 Å².